The number of carboxylic acids is 1. The Morgan fingerprint density at radius 3 is 2.72 bits per heavy atom. The van der Waals surface area contributed by atoms with Gasteiger partial charge in [0.1, 0.15) is 5.69 Å². The number of carboxylic acid groups (broad SMARTS) is 1. The number of hydrogen-bond acceptors (Lipinski definition) is 6. The zero-order valence-electron chi connectivity index (χ0n) is 14.2. The Hall–Kier alpha value is -2.90. The average Bonchev–Trinajstić information content (AvgIpc) is 2.61. The van der Waals surface area contributed by atoms with Crippen LogP contribution < -0.4 is 15.0 Å². The van der Waals surface area contributed by atoms with E-state index < -0.39 is 11.5 Å². The number of benzene rings is 1. The van der Waals surface area contributed by atoms with Crippen molar-refractivity contribution in [3.63, 3.8) is 0 Å². The molecule has 0 aliphatic rings. The molecule has 0 amide bonds. The van der Waals surface area contributed by atoms with Gasteiger partial charge >= 0.3 is 5.97 Å². The summed E-state index contributed by atoms with van der Waals surface area (Å²) in [6, 6.07) is 5.21. The van der Waals surface area contributed by atoms with Gasteiger partial charge in [-0.15, -0.1) is 10.2 Å². The van der Waals surface area contributed by atoms with Gasteiger partial charge in [0.2, 0.25) is 0 Å². The number of H-pyrrole nitrogens is 1. The number of hydrogen-bond donors (Lipinski definition) is 2. The van der Waals surface area contributed by atoms with Crippen LogP contribution in [0.25, 0.3) is 11.4 Å². The zero-order valence-corrected chi connectivity index (χ0v) is 14.2. The van der Waals surface area contributed by atoms with Crippen molar-refractivity contribution in [3.8, 4) is 22.9 Å². The zero-order chi connectivity index (χ0) is 18.2. The topological polar surface area (TPSA) is 114 Å². The third-order valence-electron chi connectivity index (χ3n) is 3.53. The van der Waals surface area contributed by atoms with Gasteiger partial charge in [0.25, 0.3) is 5.56 Å². The second kappa shape index (κ2) is 8.81. The highest BCUT2D eigenvalue weighted by molar-refractivity contribution is 5.67. The van der Waals surface area contributed by atoms with Crippen LogP contribution in [-0.2, 0) is 11.2 Å². The third-order valence-corrected chi connectivity index (χ3v) is 3.53. The number of aliphatic carboxylic acids is 1. The summed E-state index contributed by atoms with van der Waals surface area (Å²) in [5, 5.41) is 16.5. The van der Waals surface area contributed by atoms with Gasteiger partial charge in [-0.1, -0.05) is 13.3 Å². The normalized spacial score (nSPS) is 10.5. The number of carbonyl (C=O) groups is 1. The second-order valence-corrected chi connectivity index (χ2v) is 5.41. The van der Waals surface area contributed by atoms with E-state index >= 15 is 0 Å². The number of aryl methyl sites for hydroxylation is 1. The van der Waals surface area contributed by atoms with E-state index in [0.717, 1.165) is 12.8 Å². The summed E-state index contributed by atoms with van der Waals surface area (Å²) in [5.74, 6) is 0.440. The van der Waals surface area contributed by atoms with Gasteiger partial charge < -0.3 is 19.6 Å². The first kappa shape index (κ1) is 18.4. The Balaban J connectivity index is 2.21. The van der Waals surface area contributed by atoms with E-state index in [2.05, 4.69) is 22.1 Å². The summed E-state index contributed by atoms with van der Waals surface area (Å²) < 4.78 is 11.0. The molecule has 0 fully saturated rings. The number of ether oxygens (including phenoxy) is 2. The van der Waals surface area contributed by atoms with Crippen molar-refractivity contribution >= 4 is 5.97 Å². The number of unbranched alkanes of at least 4 members (excludes halogenated alkanes) is 1. The quantitative estimate of drug-likeness (QED) is 0.667. The summed E-state index contributed by atoms with van der Waals surface area (Å²) in [5.41, 5.74) is 0.264. The molecule has 1 aromatic carbocycles. The molecule has 0 atom stereocenters. The minimum atomic E-state index is -0.992. The van der Waals surface area contributed by atoms with Gasteiger partial charge in [0.05, 0.1) is 20.1 Å². The van der Waals surface area contributed by atoms with Gasteiger partial charge in [-0.2, -0.15) is 0 Å². The lowest BCUT2D eigenvalue weighted by molar-refractivity contribution is -0.136. The van der Waals surface area contributed by atoms with Crippen LogP contribution in [0, 0.1) is 0 Å². The molecule has 2 rings (SSSR count). The van der Waals surface area contributed by atoms with Gasteiger partial charge in [-0.05, 0) is 24.6 Å². The minimum absolute atomic E-state index is 0.0332. The summed E-state index contributed by atoms with van der Waals surface area (Å²) in [4.78, 5) is 25.2. The molecule has 8 nitrogen and oxygen atoms in total. The molecule has 0 saturated heterocycles. The number of nitrogens with zero attached hydrogens (tertiary/aromatic N) is 2. The van der Waals surface area contributed by atoms with Gasteiger partial charge in [-0.25, -0.2) is 0 Å². The van der Waals surface area contributed by atoms with E-state index in [0.29, 0.717) is 23.7 Å². The molecular weight excluding hydrogens is 326 g/mol. The lowest BCUT2D eigenvalue weighted by Gasteiger charge is -2.11. The highest BCUT2D eigenvalue weighted by atomic mass is 16.5. The maximum atomic E-state index is 12.0. The first-order valence-corrected chi connectivity index (χ1v) is 8.04. The summed E-state index contributed by atoms with van der Waals surface area (Å²) in [7, 11) is 1.54. The van der Waals surface area contributed by atoms with E-state index in [1.54, 1.807) is 18.2 Å². The van der Waals surface area contributed by atoms with E-state index in [-0.39, 0.29) is 24.4 Å². The maximum Gasteiger partial charge on any atom is 0.303 e. The molecule has 0 radical (unpaired) electrons. The van der Waals surface area contributed by atoms with E-state index in [9.17, 15) is 9.59 Å². The highest BCUT2D eigenvalue weighted by Gasteiger charge is 2.11. The van der Waals surface area contributed by atoms with Crippen LogP contribution in [0.15, 0.2) is 23.0 Å². The first-order valence-electron chi connectivity index (χ1n) is 8.04. The number of aromatic amines is 1. The van der Waals surface area contributed by atoms with Gasteiger partial charge in [0.15, 0.2) is 17.3 Å². The molecule has 25 heavy (non-hydrogen) atoms. The standard InChI is InChI=1S/C17H21N3O5/c1-3-4-9-25-13-7-5-11(10-14(13)24-2)16-18-17(23)12(19-20-16)6-8-15(21)22/h5,7,10H,3-4,6,8-9H2,1-2H3,(H,21,22)(H,18,20,23). The molecule has 0 bridgehead atoms. The molecule has 134 valence electrons. The SMILES string of the molecule is CCCCOc1ccc(-c2nnc(CCC(=O)O)c(=O)[nH]2)cc1OC. The highest BCUT2D eigenvalue weighted by Crippen LogP contribution is 2.31. The van der Waals surface area contributed by atoms with Crippen molar-refractivity contribution in [2.24, 2.45) is 0 Å². The summed E-state index contributed by atoms with van der Waals surface area (Å²) >= 11 is 0. The Morgan fingerprint density at radius 2 is 2.08 bits per heavy atom. The molecule has 2 aromatic rings. The largest absolute Gasteiger partial charge is 0.493 e. The van der Waals surface area contributed by atoms with Crippen molar-refractivity contribution in [1.82, 2.24) is 15.2 Å². The number of rotatable bonds is 9. The van der Waals surface area contributed by atoms with E-state index in [1.807, 2.05) is 0 Å². The van der Waals surface area contributed by atoms with E-state index in [1.165, 1.54) is 7.11 Å². The molecule has 0 aliphatic carbocycles. The third kappa shape index (κ3) is 5.03. The number of aromatic nitrogens is 3. The van der Waals surface area contributed by atoms with Crippen molar-refractivity contribution < 1.29 is 19.4 Å². The lowest BCUT2D eigenvalue weighted by Crippen LogP contribution is -2.18. The van der Waals surface area contributed by atoms with E-state index in [4.69, 9.17) is 14.6 Å². The minimum Gasteiger partial charge on any atom is -0.493 e. The van der Waals surface area contributed by atoms with Crippen LogP contribution >= 0.6 is 0 Å². The Labute approximate surface area is 144 Å². The van der Waals surface area contributed by atoms with Crippen LogP contribution in [0.5, 0.6) is 11.5 Å². The molecule has 2 N–H and O–H groups in total. The number of methoxy groups -OCH3 is 1. The van der Waals surface area contributed by atoms with Gasteiger partial charge in [0, 0.05) is 12.0 Å². The molecule has 8 heteroatoms. The predicted octanol–water partition coefficient (Wildman–Crippen LogP) is 2.04. The molecular formula is C17H21N3O5. The van der Waals surface area contributed by atoms with Crippen LogP contribution in [0.3, 0.4) is 0 Å². The van der Waals surface area contributed by atoms with Crippen molar-refractivity contribution in [2.45, 2.75) is 32.6 Å². The van der Waals surface area contributed by atoms with Crippen molar-refractivity contribution in [3.05, 3.63) is 34.2 Å². The van der Waals surface area contributed by atoms with Crippen molar-refractivity contribution in [1.29, 1.82) is 0 Å². The Bertz CT molecular complexity index is 788. The van der Waals surface area contributed by atoms with Crippen LogP contribution in [0.1, 0.15) is 31.9 Å². The Morgan fingerprint density at radius 1 is 1.28 bits per heavy atom. The monoisotopic (exact) mass is 347 g/mol. The molecule has 1 aromatic heterocycles. The maximum absolute atomic E-state index is 12.0. The molecule has 1 heterocycles. The molecule has 0 unspecified atom stereocenters. The van der Waals surface area contributed by atoms with Gasteiger partial charge in [-0.3, -0.25) is 9.59 Å². The summed E-state index contributed by atoms with van der Waals surface area (Å²) in [6.45, 7) is 2.68. The summed E-state index contributed by atoms with van der Waals surface area (Å²) in [6.07, 6.45) is 1.84. The molecule has 0 aliphatic heterocycles. The smallest absolute Gasteiger partial charge is 0.303 e. The molecule has 0 spiro atoms. The lowest BCUT2D eigenvalue weighted by atomic mass is 10.2. The average molecular weight is 347 g/mol. The first-order chi connectivity index (χ1) is 12.0. The van der Waals surface area contributed by atoms with Crippen LogP contribution in [0.4, 0.5) is 0 Å². The van der Waals surface area contributed by atoms with Crippen molar-refractivity contribution in [2.75, 3.05) is 13.7 Å². The Kier molecular flexibility index (Phi) is 6.50. The fourth-order valence-corrected chi connectivity index (χ4v) is 2.14. The fraction of sp³-hybridized carbons (Fsp3) is 0.412. The number of nitrogens with one attached hydrogen (secondary N) is 1. The molecule has 0 saturated carbocycles. The second-order valence-electron chi connectivity index (χ2n) is 5.41. The van der Waals surface area contributed by atoms with Crippen LogP contribution in [-0.4, -0.2) is 40.0 Å². The fourth-order valence-electron chi connectivity index (χ4n) is 2.14. The predicted molar refractivity (Wildman–Crippen MR) is 91.0 cm³/mol. The van der Waals surface area contributed by atoms with Crippen LogP contribution in [0.2, 0.25) is 0 Å².